The van der Waals surface area contributed by atoms with Gasteiger partial charge in [-0.15, -0.1) is 0 Å². The van der Waals surface area contributed by atoms with E-state index in [1.165, 1.54) is 29.4 Å². The summed E-state index contributed by atoms with van der Waals surface area (Å²) in [5.41, 5.74) is 1.10. The van der Waals surface area contributed by atoms with E-state index < -0.39 is 12.0 Å². The molecule has 206 valence electrons. The molecule has 11 heteroatoms. The van der Waals surface area contributed by atoms with Gasteiger partial charge in [0.25, 0.3) is 5.56 Å². The van der Waals surface area contributed by atoms with Crippen molar-refractivity contribution < 1.29 is 23.4 Å². The summed E-state index contributed by atoms with van der Waals surface area (Å²) >= 11 is 4.87. The Labute approximate surface area is 238 Å². The molecule has 1 atom stereocenters. The van der Waals surface area contributed by atoms with Crippen LogP contribution in [0.25, 0.3) is 6.08 Å². The number of esters is 1. The molecule has 0 unspecified atom stereocenters. The molecule has 0 radical (unpaired) electrons. The highest BCUT2D eigenvalue weighted by atomic mass is 79.9. The van der Waals surface area contributed by atoms with Gasteiger partial charge in [0, 0.05) is 36.9 Å². The first-order valence-electron chi connectivity index (χ1n) is 12.8. The second-order valence-electron chi connectivity index (χ2n) is 9.26. The van der Waals surface area contributed by atoms with Crippen molar-refractivity contribution in [3.05, 3.63) is 71.0 Å². The number of furan rings is 1. The summed E-state index contributed by atoms with van der Waals surface area (Å²) in [6.45, 7) is 5.56. The maximum Gasteiger partial charge on any atom is 0.338 e. The van der Waals surface area contributed by atoms with Gasteiger partial charge in [-0.2, -0.15) is 0 Å². The molecule has 0 amide bonds. The first kappa shape index (κ1) is 27.3. The molecule has 1 fully saturated rings. The third-order valence-electron chi connectivity index (χ3n) is 6.86. The predicted molar refractivity (Wildman–Crippen MR) is 152 cm³/mol. The molecule has 2 aliphatic heterocycles. The van der Waals surface area contributed by atoms with Crippen LogP contribution in [0.2, 0.25) is 0 Å². The van der Waals surface area contributed by atoms with Crippen molar-refractivity contribution in [3.8, 4) is 11.5 Å². The summed E-state index contributed by atoms with van der Waals surface area (Å²) in [4.78, 5) is 34.4. The fraction of sp³-hybridized carbons (Fsp3) is 0.393. The van der Waals surface area contributed by atoms with Gasteiger partial charge in [-0.25, -0.2) is 9.79 Å². The number of hydrogen-bond donors (Lipinski definition) is 0. The Morgan fingerprint density at radius 1 is 1.21 bits per heavy atom. The van der Waals surface area contributed by atoms with Gasteiger partial charge < -0.3 is 23.5 Å². The van der Waals surface area contributed by atoms with Gasteiger partial charge in [0.05, 0.1) is 41.1 Å². The molecular formula is C28H30BrN3O6S. The Bertz CT molecular complexity index is 1610. The van der Waals surface area contributed by atoms with E-state index >= 15 is 0 Å². The third kappa shape index (κ3) is 5.17. The molecule has 39 heavy (non-hydrogen) atoms. The highest BCUT2D eigenvalue weighted by Crippen LogP contribution is 2.38. The topological polar surface area (TPSA) is 95.5 Å². The summed E-state index contributed by atoms with van der Waals surface area (Å²) in [6.07, 6.45) is 5.19. The molecule has 3 aromatic rings. The summed E-state index contributed by atoms with van der Waals surface area (Å²) in [6, 6.07) is 6.38. The van der Waals surface area contributed by atoms with Crippen LogP contribution in [0.5, 0.6) is 11.5 Å². The molecule has 0 N–H and O–H groups in total. The minimum Gasteiger partial charge on any atom is -0.497 e. The van der Waals surface area contributed by atoms with Crippen molar-refractivity contribution in [1.82, 2.24) is 4.57 Å². The molecule has 2 aliphatic rings. The lowest BCUT2D eigenvalue weighted by Crippen LogP contribution is -2.40. The number of anilines is 1. The van der Waals surface area contributed by atoms with Gasteiger partial charge in [0.15, 0.2) is 4.80 Å². The fourth-order valence-electron chi connectivity index (χ4n) is 5.02. The lowest BCUT2D eigenvalue weighted by Gasteiger charge is -2.26. The van der Waals surface area contributed by atoms with E-state index in [0.717, 1.165) is 36.3 Å². The van der Waals surface area contributed by atoms with E-state index in [4.69, 9.17) is 18.6 Å². The smallest absolute Gasteiger partial charge is 0.338 e. The van der Waals surface area contributed by atoms with Crippen LogP contribution in [0, 0.1) is 0 Å². The van der Waals surface area contributed by atoms with E-state index in [0.29, 0.717) is 37.9 Å². The SMILES string of the molecule is CCOC(=O)C1=C(C)N=c2s/c(=C/c3cc(Br)c(N4CCCCC4)o3)c(=O)n2[C@@H]1c1ccc(OC)cc1OC. The average molecular weight is 617 g/mol. The first-order chi connectivity index (χ1) is 18.9. The number of rotatable bonds is 7. The van der Waals surface area contributed by atoms with Gasteiger partial charge in [-0.1, -0.05) is 11.3 Å². The van der Waals surface area contributed by atoms with E-state index in [2.05, 4.69) is 25.8 Å². The zero-order valence-electron chi connectivity index (χ0n) is 22.3. The Morgan fingerprint density at radius 2 is 1.97 bits per heavy atom. The number of methoxy groups -OCH3 is 2. The summed E-state index contributed by atoms with van der Waals surface area (Å²) in [5, 5.41) is 0. The van der Waals surface area contributed by atoms with Crippen molar-refractivity contribution in [2.45, 2.75) is 39.2 Å². The second-order valence-corrected chi connectivity index (χ2v) is 11.1. The van der Waals surface area contributed by atoms with Gasteiger partial charge in [-0.3, -0.25) is 9.36 Å². The maximum atomic E-state index is 13.9. The summed E-state index contributed by atoms with van der Waals surface area (Å²) in [7, 11) is 3.10. The molecule has 0 bridgehead atoms. The molecule has 0 saturated carbocycles. The lowest BCUT2D eigenvalue weighted by molar-refractivity contribution is -0.139. The van der Waals surface area contributed by atoms with Crippen LogP contribution < -0.4 is 29.3 Å². The summed E-state index contributed by atoms with van der Waals surface area (Å²) in [5.74, 6) is 1.88. The molecule has 5 rings (SSSR count). The van der Waals surface area contributed by atoms with Crippen LogP contribution in [0.4, 0.5) is 5.88 Å². The number of benzene rings is 1. The number of hydrogen-bond acceptors (Lipinski definition) is 9. The minimum absolute atomic E-state index is 0.194. The Hall–Kier alpha value is -3.31. The molecule has 1 aromatic carbocycles. The number of nitrogens with zero attached hydrogens (tertiary/aromatic N) is 3. The zero-order valence-corrected chi connectivity index (χ0v) is 24.7. The standard InChI is InChI=1S/C28H30BrN3O6S/c1-5-37-27(34)23-16(2)30-28-32(24(23)19-10-9-17(35-3)14-21(19)36-4)25(33)22(39-28)15-18-13-20(29)26(38-18)31-11-7-6-8-12-31/h9-10,13-15,24H,5-8,11-12H2,1-4H3/b22-15+/t24-/m1/s1. The molecule has 4 heterocycles. The van der Waals surface area contributed by atoms with Crippen molar-refractivity contribution >= 4 is 45.2 Å². The average Bonchev–Trinajstić information content (AvgIpc) is 3.46. The predicted octanol–water partition coefficient (Wildman–Crippen LogP) is 4.16. The minimum atomic E-state index is -0.796. The number of halogens is 1. The Morgan fingerprint density at radius 3 is 2.67 bits per heavy atom. The Balaban J connectivity index is 1.66. The maximum absolute atomic E-state index is 13.9. The molecule has 9 nitrogen and oxygen atoms in total. The number of fused-ring (bicyclic) bond motifs is 1. The number of piperidine rings is 1. The van der Waals surface area contributed by atoms with Crippen LogP contribution >= 0.6 is 27.3 Å². The highest BCUT2D eigenvalue weighted by Gasteiger charge is 2.35. The summed E-state index contributed by atoms with van der Waals surface area (Å²) < 4.78 is 25.4. The number of ether oxygens (including phenoxy) is 3. The van der Waals surface area contributed by atoms with Crippen LogP contribution in [-0.4, -0.2) is 44.5 Å². The number of aromatic nitrogens is 1. The molecule has 0 aliphatic carbocycles. The monoisotopic (exact) mass is 615 g/mol. The van der Waals surface area contributed by atoms with E-state index in [1.807, 2.05) is 6.07 Å². The van der Waals surface area contributed by atoms with Crippen molar-refractivity contribution in [2.24, 2.45) is 4.99 Å². The van der Waals surface area contributed by atoms with Crippen LogP contribution in [-0.2, 0) is 9.53 Å². The number of thiazole rings is 1. The van der Waals surface area contributed by atoms with Gasteiger partial charge in [0.2, 0.25) is 5.88 Å². The van der Waals surface area contributed by atoms with Gasteiger partial charge >= 0.3 is 5.97 Å². The number of carbonyl (C=O) groups excluding carboxylic acids is 1. The number of allylic oxidation sites excluding steroid dienone is 1. The zero-order chi connectivity index (χ0) is 27.7. The van der Waals surface area contributed by atoms with E-state index in [9.17, 15) is 9.59 Å². The van der Waals surface area contributed by atoms with Gasteiger partial charge in [-0.05, 0) is 61.2 Å². The van der Waals surface area contributed by atoms with E-state index in [1.54, 1.807) is 45.2 Å². The first-order valence-corrected chi connectivity index (χ1v) is 14.4. The van der Waals surface area contributed by atoms with Crippen LogP contribution in [0.3, 0.4) is 0 Å². The molecule has 0 spiro atoms. The largest absolute Gasteiger partial charge is 0.497 e. The van der Waals surface area contributed by atoms with Crippen LogP contribution in [0.1, 0.15) is 50.5 Å². The quantitative estimate of drug-likeness (QED) is 0.368. The molecule has 1 saturated heterocycles. The lowest BCUT2D eigenvalue weighted by atomic mass is 9.95. The van der Waals surface area contributed by atoms with Gasteiger partial charge in [0.1, 0.15) is 23.3 Å². The second kappa shape index (κ2) is 11.4. The van der Waals surface area contributed by atoms with Crippen LogP contribution in [0.15, 0.2) is 54.2 Å². The van der Waals surface area contributed by atoms with Crippen molar-refractivity contribution in [3.63, 3.8) is 0 Å². The third-order valence-corrected chi connectivity index (χ3v) is 8.41. The van der Waals surface area contributed by atoms with Crippen molar-refractivity contribution in [2.75, 3.05) is 38.8 Å². The van der Waals surface area contributed by atoms with E-state index in [-0.39, 0.29) is 17.7 Å². The molecule has 2 aromatic heterocycles. The Kier molecular flexibility index (Phi) is 7.99. The normalized spacial score (nSPS) is 17.6. The highest BCUT2D eigenvalue weighted by molar-refractivity contribution is 9.10. The number of carbonyl (C=O) groups is 1. The van der Waals surface area contributed by atoms with Crippen molar-refractivity contribution in [1.29, 1.82) is 0 Å². The fourth-order valence-corrected chi connectivity index (χ4v) is 6.60. The molecular weight excluding hydrogens is 586 g/mol.